The van der Waals surface area contributed by atoms with Crippen LogP contribution in [0.1, 0.15) is 29.7 Å². The van der Waals surface area contributed by atoms with E-state index in [0.717, 1.165) is 22.8 Å². The quantitative estimate of drug-likeness (QED) is 0.745. The van der Waals surface area contributed by atoms with E-state index in [4.69, 9.17) is 0 Å². The molecule has 1 amide bonds. The Bertz CT molecular complexity index is 874. The molecule has 1 heterocycles. The number of aromatic nitrogens is 2. The summed E-state index contributed by atoms with van der Waals surface area (Å²) >= 11 is 1.15. The van der Waals surface area contributed by atoms with Gasteiger partial charge in [-0.15, -0.1) is 0 Å². The predicted octanol–water partition coefficient (Wildman–Crippen LogP) is 3.60. The Hall–Kier alpha value is -2.31. The normalized spacial score (nSPS) is 12.3. The second-order valence-electron chi connectivity index (χ2n) is 5.95. The minimum absolute atomic E-state index is 0.0901. The number of carbonyl (C=O) groups excluding carboxylic acids is 1. The molecule has 0 aliphatic rings. The Balaban J connectivity index is 1.63. The molecule has 3 rings (SSSR count). The average molecular weight is 340 g/mol. The number of benzene rings is 2. The molecule has 0 unspecified atom stereocenters. The Morgan fingerprint density at radius 2 is 2.04 bits per heavy atom. The number of aryl methyl sites for hydroxylation is 2. The van der Waals surface area contributed by atoms with Crippen LogP contribution in [0, 0.1) is 13.8 Å². The molecule has 0 bridgehead atoms. The summed E-state index contributed by atoms with van der Waals surface area (Å²) < 4.78 is 8.41. The van der Waals surface area contributed by atoms with E-state index in [-0.39, 0.29) is 18.5 Å². The van der Waals surface area contributed by atoms with Crippen molar-refractivity contribution in [2.75, 3.05) is 11.9 Å². The van der Waals surface area contributed by atoms with Crippen LogP contribution in [0.2, 0.25) is 0 Å². The summed E-state index contributed by atoms with van der Waals surface area (Å²) in [5.41, 5.74) is 5.89. The molecule has 0 radical (unpaired) electrons. The maximum atomic E-state index is 12.2. The van der Waals surface area contributed by atoms with Crippen LogP contribution in [-0.4, -0.2) is 21.2 Å². The summed E-state index contributed by atoms with van der Waals surface area (Å²) in [6.07, 6.45) is 0. The lowest BCUT2D eigenvalue weighted by Crippen LogP contribution is -2.30. The molecule has 0 aliphatic heterocycles. The van der Waals surface area contributed by atoms with E-state index in [0.29, 0.717) is 5.69 Å². The molecule has 2 N–H and O–H groups in total. The number of amides is 1. The number of carbonyl (C=O) groups is 1. The smallest absolute Gasteiger partial charge is 0.238 e. The first-order valence-electron chi connectivity index (χ1n) is 7.86. The number of hydrogen-bond donors (Lipinski definition) is 2. The lowest BCUT2D eigenvalue weighted by atomic mass is 10.00. The lowest BCUT2D eigenvalue weighted by Gasteiger charge is -2.17. The maximum absolute atomic E-state index is 12.2. The number of hydrogen-bond acceptors (Lipinski definition) is 5. The Morgan fingerprint density at radius 3 is 2.88 bits per heavy atom. The van der Waals surface area contributed by atoms with Crippen molar-refractivity contribution in [3.8, 4) is 0 Å². The van der Waals surface area contributed by atoms with Crippen LogP contribution in [0.25, 0.3) is 11.0 Å². The van der Waals surface area contributed by atoms with Crippen LogP contribution in [-0.2, 0) is 4.79 Å². The van der Waals surface area contributed by atoms with Gasteiger partial charge < -0.3 is 10.6 Å². The molecule has 0 saturated carbocycles. The molecule has 1 aromatic heterocycles. The molecular formula is C18H20N4OS. The van der Waals surface area contributed by atoms with Gasteiger partial charge in [0, 0.05) is 6.04 Å². The molecule has 0 aliphatic carbocycles. The van der Waals surface area contributed by atoms with Crippen LogP contribution in [0.4, 0.5) is 5.69 Å². The van der Waals surface area contributed by atoms with Gasteiger partial charge in [0.25, 0.3) is 0 Å². The van der Waals surface area contributed by atoms with Crippen molar-refractivity contribution in [1.29, 1.82) is 0 Å². The summed E-state index contributed by atoms with van der Waals surface area (Å²) in [6.45, 7) is 6.47. The highest BCUT2D eigenvalue weighted by Gasteiger charge is 2.12. The van der Waals surface area contributed by atoms with E-state index in [1.54, 1.807) is 0 Å². The largest absolute Gasteiger partial charge is 0.323 e. The summed E-state index contributed by atoms with van der Waals surface area (Å²) in [5.74, 6) is -0.0901. The van der Waals surface area contributed by atoms with Gasteiger partial charge in [0.05, 0.1) is 24.0 Å². The van der Waals surface area contributed by atoms with Crippen molar-refractivity contribution in [3.05, 3.63) is 53.1 Å². The lowest BCUT2D eigenvalue weighted by molar-refractivity contribution is -0.115. The van der Waals surface area contributed by atoms with E-state index >= 15 is 0 Å². The highest BCUT2D eigenvalue weighted by molar-refractivity contribution is 7.00. The topological polar surface area (TPSA) is 66.9 Å². The van der Waals surface area contributed by atoms with E-state index < -0.39 is 0 Å². The fourth-order valence-corrected chi connectivity index (χ4v) is 3.23. The van der Waals surface area contributed by atoms with Crippen LogP contribution >= 0.6 is 11.7 Å². The molecule has 124 valence electrons. The highest BCUT2D eigenvalue weighted by atomic mass is 32.1. The van der Waals surface area contributed by atoms with Gasteiger partial charge in [0.1, 0.15) is 11.0 Å². The zero-order chi connectivity index (χ0) is 17.1. The average Bonchev–Trinajstić information content (AvgIpc) is 3.04. The SMILES string of the molecule is Cc1ccc(C)c([C@H](C)NCC(=O)Nc2cccc3nsnc23)c1. The zero-order valence-corrected chi connectivity index (χ0v) is 14.8. The van der Waals surface area contributed by atoms with Crippen molar-refractivity contribution < 1.29 is 4.79 Å². The van der Waals surface area contributed by atoms with E-state index in [1.807, 2.05) is 18.2 Å². The second-order valence-corrected chi connectivity index (χ2v) is 6.48. The molecule has 24 heavy (non-hydrogen) atoms. The summed E-state index contributed by atoms with van der Waals surface area (Å²) in [6, 6.07) is 12.1. The van der Waals surface area contributed by atoms with Crippen molar-refractivity contribution in [2.45, 2.75) is 26.8 Å². The number of nitrogens with zero attached hydrogens (tertiary/aromatic N) is 2. The minimum atomic E-state index is -0.0901. The van der Waals surface area contributed by atoms with E-state index in [1.165, 1.54) is 16.7 Å². The molecule has 0 spiro atoms. The second kappa shape index (κ2) is 7.07. The minimum Gasteiger partial charge on any atom is -0.323 e. The molecule has 1 atom stereocenters. The monoisotopic (exact) mass is 340 g/mol. The van der Waals surface area contributed by atoms with Crippen molar-refractivity contribution in [3.63, 3.8) is 0 Å². The fourth-order valence-electron chi connectivity index (χ4n) is 2.68. The van der Waals surface area contributed by atoms with Crippen LogP contribution in [0.5, 0.6) is 0 Å². The van der Waals surface area contributed by atoms with Crippen LogP contribution < -0.4 is 10.6 Å². The third-order valence-corrected chi connectivity index (χ3v) is 4.57. The van der Waals surface area contributed by atoms with Crippen molar-refractivity contribution in [1.82, 2.24) is 14.1 Å². The third-order valence-electron chi connectivity index (χ3n) is 4.03. The fraction of sp³-hybridized carbons (Fsp3) is 0.278. The van der Waals surface area contributed by atoms with Gasteiger partial charge in [-0.1, -0.05) is 29.8 Å². The molecule has 0 fully saturated rings. The summed E-state index contributed by atoms with van der Waals surface area (Å²) in [7, 11) is 0. The Kier molecular flexibility index (Phi) is 4.87. The zero-order valence-electron chi connectivity index (χ0n) is 14.0. The van der Waals surface area contributed by atoms with Gasteiger partial charge in [-0.05, 0) is 44.0 Å². The number of rotatable bonds is 5. The van der Waals surface area contributed by atoms with E-state index in [2.05, 4.69) is 58.4 Å². The summed E-state index contributed by atoms with van der Waals surface area (Å²) in [4.78, 5) is 12.2. The van der Waals surface area contributed by atoms with Crippen molar-refractivity contribution >= 4 is 34.4 Å². The number of anilines is 1. The van der Waals surface area contributed by atoms with Crippen LogP contribution in [0.15, 0.2) is 36.4 Å². The first-order chi connectivity index (χ1) is 11.5. The van der Waals surface area contributed by atoms with Crippen LogP contribution in [0.3, 0.4) is 0 Å². The van der Waals surface area contributed by atoms with Gasteiger partial charge in [-0.25, -0.2) is 0 Å². The third kappa shape index (κ3) is 3.60. The molecule has 3 aromatic rings. The first-order valence-corrected chi connectivity index (χ1v) is 8.59. The molecule has 6 heteroatoms. The van der Waals surface area contributed by atoms with Gasteiger partial charge in [-0.3, -0.25) is 4.79 Å². The molecule has 5 nitrogen and oxygen atoms in total. The standard InChI is InChI=1S/C18H20N4OS/c1-11-7-8-12(2)14(9-11)13(3)19-10-17(23)20-15-5-4-6-16-18(15)22-24-21-16/h4-9,13,19H,10H2,1-3H3,(H,20,23)/t13-/m0/s1. The number of fused-ring (bicyclic) bond motifs is 1. The maximum Gasteiger partial charge on any atom is 0.238 e. The molecular weight excluding hydrogens is 320 g/mol. The predicted molar refractivity (Wildman–Crippen MR) is 98.4 cm³/mol. The van der Waals surface area contributed by atoms with Crippen molar-refractivity contribution in [2.24, 2.45) is 0 Å². The van der Waals surface area contributed by atoms with E-state index in [9.17, 15) is 4.79 Å². The van der Waals surface area contributed by atoms with Gasteiger partial charge >= 0.3 is 0 Å². The van der Waals surface area contributed by atoms with Gasteiger partial charge in [0.2, 0.25) is 5.91 Å². The summed E-state index contributed by atoms with van der Waals surface area (Å²) in [5, 5.41) is 6.19. The first kappa shape index (κ1) is 16.5. The number of nitrogens with one attached hydrogen (secondary N) is 2. The Morgan fingerprint density at radius 1 is 1.21 bits per heavy atom. The highest BCUT2D eigenvalue weighted by Crippen LogP contribution is 2.21. The van der Waals surface area contributed by atoms with Gasteiger partial charge in [-0.2, -0.15) is 8.75 Å². The Labute approximate surface area is 145 Å². The molecule has 0 saturated heterocycles. The molecule has 2 aromatic carbocycles. The van der Waals surface area contributed by atoms with Gasteiger partial charge in [0.15, 0.2) is 0 Å².